The highest BCUT2D eigenvalue weighted by atomic mass is 127. The number of halogens is 1. The molecule has 114 valence electrons. The predicted octanol–water partition coefficient (Wildman–Crippen LogP) is 1.35. The molecule has 1 rings (SSSR count). The van der Waals surface area contributed by atoms with Crippen molar-refractivity contribution in [1.82, 2.24) is 15.1 Å². The molecular formula is C13H24IN5O. The zero-order chi connectivity index (χ0) is 14.3. The number of ether oxygens (including phenoxy) is 1. The van der Waals surface area contributed by atoms with Crippen LogP contribution in [0, 0.1) is 13.8 Å². The Morgan fingerprint density at radius 3 is 2.85 bits per heavy atom. The highest BCUT2D eigenvalue weighted by Gasteiger charge is 2.10. The first kappa shape index (κ1) is 18.9. The van der Waals surface area contributed by atoms with Gasteiger partial charge in [-0.3, -0.25) is 4.68 Å². The molecule has 0 unspecified atom stereocenters. The third-order valence-corrected chi connectivity index (χ3v) is 2.87. The summed E-state index contributed by atoms with van der Waals surface area (Å²) in [5.74, 6) is 0.420. The van der Waals surface area contributed by atoms with Gasteiger partial charge in [0.2, 0.25) is 0 Å². The van der Waals surface area contributed by atoms with Crippen LogP contribution in [0.1, 0.15) is 17.0 Å². The number of nitrogens with zero attached hydrogens (tertiary/aromatic N) is 3. The molecule has 1 aromatic rings. The standard InChI is InChI=1S/C13H23N5O.HI/c1-5-6-15-13(14)16-9-12-10(2)17-18(11(12)3)7-8-19-4;/h5H,1,6-9H2,2-4H3,(H3,14,15,16);1H. The molecule has 0 aliphatic rings. The second-order valence-corrected chi connectivity index (χ2v) is 4.24. The number of aliphatic imine (C=N–C) groups is 1. The van der Waals surface area contributed by atoms with E-state index in [1.54, 1.807) is 13.2 Å². The molecule has 0 radical (unpaired) electrons. The van der Waals surface area contributed by atoms with Gasteiger partial charge >= 0.3 is 0 Å². The van der Waals surface area contributed by atoms with Gasteiger partial charge in [0.25, 0.3) is 0 Å². The van der Waals surface area contributed by atoms with Crippen LogP contribution in [0.5, 0.6) is 0 Å². The molecule has 3 N–H and O–H groups in total. The highest BCUT2D eigenvalue weighted by molar-refractivity contribution is 14.0. The predicted molar refractivity (Wildman–Crippen MR) is 92.5 cm³/mol. The van der Waals surface area contributed by atoms with Crippen molar-refractivity contribution >= 4 is 29.9 Å². The van der Waals surface area contributed by atoms with Crippen LogP contribution in [0.3, 0.4) is 0 Å². The molecule has 0 bridgehead atoms. The van der Waals surface area contributed by atoms with Gasteiger partial charge in [-0.15, -0.1) is 30.6 Å². The van der Waals surface area contributed by atoms with Crippen molar-refractivity contribution in [3.05, 3.63) is 29.6 Å². The summed E-state index contributed by atoms with van der Waals surface area (Å²) in [6.45, 7) is 10.2. The number of rotatable bonds is 7. The average Bonchev–Trinajstić information content (AvgIpc) is 2.66. The Bertz CT molecular complexity index is 456. The van der Waals surface area contributed by atoms with Crippen LogP contribution in [0.2, 0.25) is 0 Å². The molecule has 0 aromatic carbocycles. The molecule has 0 amide bonds. The monoisotopic (exact) mass is 393 g/mol. The third kappa shape index (κ3) is 5.49. The fourth-order valence-electron chi connectivity index (χ4n) is 1.76. The molecular weight excluding hydrogens is 369 g/mol. The lowest BCUT2D eigenvalue weighted by atomic mass is 10.2. The van der Waals surface area contributed by atoms with E-state index in [9.17, 15) is 0 Å². The van der Waals surface area contributed by atoms with Crippen LogP contribution < -0.4 is 11.1 Å². The summed E-state index contributed by atoms with van der Waals surface area (Å²) in [7, 11) is 1.68. The van der Waals surface area contributed by atoms with Gasteiger partial charge in [-0.1, -0.05) is 6.08 Å². The van der Waals surface area contributed by atoms with Crippen molar-refractivity contribution in [3.63, 3.8) is 0 Å². The van der Waals surface area contributed by atoms with Crippen molar-refractivity contribution in [2.75, 3.05) is 20.3 Å². The fraction of sp³-hybridized carbons (Fsp3) is 0.538. The fourth-order valence-corrected chi connectivity index (χ4v) is 1.76. The van der Waals surface area contributed by atoms with Gasteiger partial charge in [0.05, 0.1) is 25.4 Å². The zero-order valence-corrected chi connectivity index (χ0v) is 14.7. The number of methoxy groups -OCH3 is 1. The van der Waals surface area contributed by atoms with E-state index in [0.29, 0.717) is 25.7 Å². The van der Waals surface area contributed by atoms with Gasteiger partial charge in [0.1, 0.15) is 0 Å². The number of aryl methyl sites for hydroxylation is 1. The molecule has 1 heterocycles. The van der Waals surface area contributed by atoms with Crippen LogP contribution in [0.15, 0.2) is 17.6 Å². The molecule has 6 nitrogen and oxygen atoms in total. The van der Waals surface area contributed by atoms with Gasteiger partial charge in [0.15, 0.2) is 5.96 Å². The van der Waals surface area contributed by atoms with Crippen molar-refractivity contribution in [2.24, 2.45) is 10.7 Å². The normalized spacial score (nSPS) is 11.1. The summed E-state index contributed by atoms with van der Waals surface area (Å²) in [6.07, 6.45) is 1.74. The van der Waals surface area contributed by atoms with E-state index in [1.165, 1.54) is 0 Å². The SMILES string of the molecule is C=CCNC(N)=NCc1c(C)nn(CCOC)c1C.I. The van der Waals surface area contributed by atoms with Crippen molar-refractivity contribution in [3.8, 4) is 0 Å². The van der Waals surface area contributed by atoms with E-state index in [-0.39, 0.29) is 24.0 Å². The Kier molecular flexibility index (Phi) is 9.23. The lowest BCUT2D eigenvalue weighted by Crippen LogP contribution is -2.31. The maximum atomic E-state index is 5.74. The molecule has 1 aromatic heterocycles. The van der Waals surface area contributed by atoms with Gasteiger partial charge in [-0.25, -0.2) is 4.99 Å². The van der Waals surface area contributed by atoms with Crippen molar-refractivity contribution in [1.29, 1.82) is 0 Å². The molecule has 0 atom stereocenters. The Balaban J connectivity index is 0.00000361. The third-order valence-electron chi connectivity index (χ3n) is 2.87. The summed E-state index contributed by atoms with van der Waals surface area (Å²) in [5, 5.41) is 7.42. The van der Waals surface area contributed by atoms with Crippen LogP contribution in [0.25, 0.3) is 0 Å². The molecule has 0 aliphatic heterocycles. The second kappa shape index (κ2) is 9.76. The van der Waals surface area contributed by atoms with E-state index in [1.807, 2.05) is 18.5 Å². The minimum atomic E-state index is 0. The first-order chi connectivity index (χ1) is 9.10. The minimum absolute atomic E-state index is 0. The number of hydrogen-bond acceptors (Lipinski definition) is 3. The quantitative estimate of drug-likeness (QED) is 0.317. The minimum Gasteiger partial charge on any atom is -0.383 e. The summed E-state index contributed by atoms with van der Waals surface area (Å²) in [6, 6.07) is 0. The Labute approximate surface area is 137 Å². The van der Waals surface area contributed by atoms with Crippen molar-refractivity contribution in [2.45, 2.75) is 26.9 Å². The average molecular weight is 393 g/mol. The Hall–Kier alpha value is -1.09. The largest absolute Gasteiger partial charge is 0.383 e. The number of guanidine groups is 1. The lowest BCUT2D eigenvalue weighted by Gasteiger charge is -2.04. The van der Waals surface area contributed by atoms with Crippen LogP contribution in [-0.4, -0.2) is 36.0 Å². The Morgan fingerprint density at radius 2 is 2.25 bits per heavy atom. The highest BCUT2D eigenvalue weighted by Crippen LogP contribution is 2.14. The summed E-state index contributed by atoms with van der Waals surface area (Å²) in [5.41, 5.74) is 8.94. The number of nitrogens with one attached hydrogen (secondary N) is 1. The summed E-state index contributed by atoms with van der Waals surface area (Å²) >= 11 is 0. The van der Waals surface area contributed by atoms with Gasteiger partial charge in [0, 0.05) is 24.9 Å². The molecule has 20 heavy (non-hydrogen) atoms. The number of aromatic nitrogens is 2. The molecule has 0 aliphatic carbocycles. The first-order valence-corrected chi connectivity index (χ1v) is 6.26. The van der Waals surface area contributed by atoms with Crippen LogP contribution in [0.4, 0.5) is 0 Å². The molecule has 0 saturated carbocycles. The van der Waals surface area contributed by atoms with Gasteiger partial charge in [-0.2, -0.15) is 5.10 Å². The van der Waals surface area contributed by atoms with E-state index in [0.717, 1.165) is 23.5 Å². The van der Waals surface area contributed by atoms with E-state index in [2.05, 4.69) is 22.0 Å². The topological polar surface area (TPSA) is 77.5 Å². The lowest BCUT2D eigenvalue weighted by molar-refractivity contribution is 0.182. The van der Waals surface area contributed by atoms with Crippen LogP contribution >= 0.6 is 24.0 Å². The van der Waals surface area contributed by atoms with Gasteiger partial charge in [-0.05, 0) is 13.8 Å². The van der Waals surface area contributed by atoms with Crippen LogP contribution in [-0.2, 0) is 17.8 Å². The van der Waals surface area contributed by atoms with Gasteiger partial charge < -0.3 is 15.8 Å². The van der Waals surface area contributed by atoms with E-state index in [4.69, 9.17) is 10.5 Å². The van der Waals surface area contributed by atoms with E-state index >= 15 is 0 Å². The first-order valence-electron chi connectivity index (χ1n) is 6.26. The zero-order valence-electron chi connectivity index (χ0n) is 12.3. The molecule has 7 heteroatoms. The Morgan fingerprint density at radius 1 is 1.55 bits per heavy atom. The maximum absolute atomic E-state index is 5.74. The molecule has 0 fully saturated rings. The van der Waals surface area contributed by atoms with E-state index < -0.39 is 0 Å². The van der Waals surface area contributed by atoms with Crippen molar-refractivity contribution < 1.29 is 4.74 Å². The molecule has 0 spiro atoms. The second-order valence-electron chi connectivity index (χ2n) is 4.24. The summed E-state index contributed by atoms with van der Waals surface area (Å²) in [4.78, 5) is 4.30. The molecule has 0 saturated heterocycles. The number of nitrogens with two attached hydrogens (primary N) is 1. The maximum Gasteiger partial charge on any atom is 0.189 e. The smallest absolute Gasteiger partial charge is 0.189 e. The summed E-state index contributed by atoms with van der Waals surface area (Å²) < 4.78 is 7.01. The number of hydrogen-bond donors (Lipinski definition) is 2.